The number of rotatable bonds is 5. The molecule has 24 heavy (non-hydrogen) atoms. The summed E-state index contributed by atoms with van der Waals surface area (Å²) in [7, 11) is 0. The number of nitrogens with zero attached hydrogens (tertiary/aromatic N) is 1. The van der Waals surface area contributed by atoms with Crippen LogP contribution in [0.25, 0.3) is 10.9 Å². The lowest BCUT2D eigenvalue weighted by Crippen LogP contribution is -2.27. The number of carbonyl (C=O) groups excluding carboxylic acids is 1. The Morgan fingerprint density at radius 2 is 1.96 bits per heavy atom. The van der Waals surface area contributed by atoms with Gasteiger partial charge in [-0.2, -0.15) is 0 Å². The van der Waals surface area contributed by atoms with Gasteiger partial charge in [-0.3, -0.25) is 9.59 Å². The second-order valence-electron chi connectivity index (χ2n) is 7.09. The van der Waals surface area contributed by atoms with Gasteiger partial charge in [-0.1, -0.05) is 25.0 Å². The van der Waals surface area contributed by atoms with E-state index in [-0.39, 0.29) is 11.5 Å². The van der Waals surface area contributed by atoms with Crippen LogP contribution < -0.4 is 10.9 Å². The highest BCUT2D eigenvalue weighted by atomic mass is 16.1. The molecule has 0 saturated heterocycles. The third kappa shape index (κ3) is 3.07. The minimum Gasteiger partial charge on any atom is -0.353 e. The average molecular weight is 325 g/mol. The van der Waals surface area contributed by atoms with E-state index >= 15 is 0 Å². The van der Waals surface area contributed by atoms with E-state index in [2.05, 4.69) is 15.3 Å². The highest BCUT2D eigenvalue weighted by Gasteiger charge is 2.51. The number of aromatic amines is 1. The molecule has 2 aliphatic carbocycles. The van der Waals surface area contributed by atoms with Crippen molar-refractivity contribution in [2.24, 2.45) is 11.8 Å². The van der Waals surface area contributed by atoms with Crippen LogP contribution in [0.15, 0.2) is 29.1 Å². The first kappa shape index (κ1) is 15.4. The standard InChI is InChI=1S/C19H23N3O2/c23-17(22-18-12-6-1-2-7-13(12)18)11-5-10-16-20-15-9-4-3-8-14(15)19(24)21-16/h3-4,8-9,12-13,18H,1-2,5-7,10-11H2,(H,22,23)(H,20,21,24)/t12-,13-/m0/s1. The Kier molecular flexibility index (Phi) is 4.08. The predicted molar refractivity (Wildman–Crippen MR) is 92.7 cm³/mol. The third-order valence-electron chi connectivity index (χ3n) is 5.46. The van der Waals surface area contributed by atoms with Crippen LogP contribution in [0.5, 0.6) is 0 Å². The predicted octanol–water partition coefficient (Wildman–Crippen LogP) is 2.55. The monoisotopic (exact) mass is 325 g/mol. The quantitative estimate of drug-likeness (QED) is 0.887. The molecule has 2 fully saturated rings. The fourth-order valence-corrected chi connectivity index (χ4v) is 4.13. The fourth-order valence-electron chi connectivity index (χ4n) is 4.13. The Balaban J connectivity index is 1.29. The maximum atomic E-state index is 12.1. The summed E-state index contributed by atoms with van der Waals surface area (Å²) in [6.07, 6.45) is 6.99. The number of aromatic nitrogens is 2. The van der Waals surface area contributed by atoms with E-state index in [9.17, 15) is 9.59 Å². The van der Waals surface area contributed by atoms with Crippen molar-refractivity contribution < 1.29 is 4.79 Å². The van der Waals surface area contributed by atoms with Gasteiger partial charge >= 0.3 is 0 Å². The summed E-state index contributed by atoms with van der Waals surface area (Å²) in [6, 6.07) is 7.75. The van der Waals surface area contributed by atoms with Gasteiger partial charge in [0.2, 0.25) is 5.91 Å². The van der Waals surface area contributed by atoms with Crippen LogP contribution in [0.3, 0.4) is 0 Å². The molecule has 0 spiro atoms. The van der Waals surface area contributed by atoms with Crippen LogP contribution in [0.4, 0.5) is 0 Å². The number of benzene rings is 1. The molecule has 1 amide bonds. The van der Waals surface area contributed by atoms with Gasteiger partial charge in [0.15, 0.2) is 0 Å². The molecule has 1 heterocycles. The van der Waals surface area contributed by atoms with Crippen molar-refractivity contribution in [1.29, 1.82) is 0 Å². The lowest BCUT2D eigenvalue weighted by Gasteiger charge is -2.05. The molecule has 0 unspecified atom stereocenters. The summed E-state index contributed by atoms with van der Waals surface area (Å²) in [6.45, 7) is 0. The van der Waals surface area contributed by atoms with Crippen LogP contribution in [0, 0.1) is 11.8 Å². The lowest BCUT2D eigenvalue weighted by molar-refractivity contribution is -0.121. The number of aryl methyl sites for hydroxylation is 1. The zero-order valence-corrected chi connectivity index (χ0v) is 13.8. The molecule has 2 atom stereocenters. The molecule has 2 aromatic rings. The van der Waals surface area contributed by atoms with Gasteiger partial charge < -0.3 is 10.3 Å². The topological polar surface area (TPSA) is 74.8 Å². The highest BCUT2D eigenvalue weighted by molar-refractivity contribution is 5.77. The van der Waals surface area contributed by atoms with Gasteiger partial charge in [-0.05, 0) is 43.2 Å². The number of H-pyrrole nitrogens is 1. The summed E-state index contributed by atoms with van der Waals surface area (Å²) in [4.78, 5) is 31.4. The van der Waals surface area contributed by atoms with Crippen LogP contribution in [-0.4, -0.2) is 21.9 Å². The van der Waals surface area contributed by atoms with Gasteiger partial charge in [0.05, 0.1) is 10.9 Å². The zero-order valence-electron chi connectivity index (χ0n) is 13.8. The molecule has 2 aliphatic rings. The Labute approximate surface area is 140 Å². The number of nitrogens with one attached hydrogen (secondary N) is 2. The van der Waals surface area contributed by atoms with Crippen molar-refractivity contribution in [2.75, 3.05) is 0 Å². The minimum absolute atomic E-state index is 0.109. The van der Waals surface area contributed by atoms with Gasteiger partial charge in [0.25, 0.3) is 5.56 Å². The second-order valence-corrected chi connectivity index (χ2v) is 7.09. The van der Waals surface area contributed by atoms with Crippen molar-refractivity contribution in [3.8, 4) is 0 Å². The first-order chi connectivity index (χ1) is 11.7. The van der Waals surface area contributed by atoms with E-state index in [1.807, 2.05) is 18.2 Å². The van der Waals surface area contributed by atoms with E-state index in [4.69, 9.17) is 0 Å². The maximum Gasteiger partial charge on any atom is 0.258 e. The molecule has 5 heteroatoms. The van der Waals surface area contributed by atoms with Gasteiger partial charge in [0.1, 0.15) is 5.82 Å². The first-order valence-corrected chi connectivity index (χ1v) is 9.00. The van der Waals surface area contributed by atoms with Crippen LogP contribution >= 0.6 is 0 Å². The number of amides is 1. The normalized spacial score (nSPS) is 25.2. The Morgan fingerprint density at radius 3 is 2.75 bits per heavy atom. The van der Waals surface area contributed by atoms with E-state index < -0.39 is 0 Å². The summed E-state index contributed by atoms with van der Waals surface area (Å²) >= 11 is 0. The number of hydrogen-bond donors (Lipinski definition) is 2. The number of carbonyl (C=O) groups is 1. The smallest absolute Gasteiger partial charge is 0.258 e. The molecule has 5 nitrogen and oxygen atoms in total. The van der Waals surface area contributed by atoms with E-state index in [0.29, 0.717) is 42.0 Å². The molecule has 1 aromatic heterocycles. The Hall–Kier alpha value is -2.17. The Morgan fingerprint density at radius 1 is 1.21 bits per heavy atom. The SMILES string of the molecule is O=C(CCCc1nc2ccccc2c(=O)[nH]1)NC1[C@H]2CCCC[C@H]12. The Bertz CT molecular complexity index is 802. The summed E-state index contributed by atoms with van der Waals surface area (Å²) in [5, 5.41) is 3.80. The van der Waals surface area contributed by atoms with Crippen molar-refractivity contribution in [3.05, 3.63) is 40.4 Å². The zero-order chi connectivity index (χ0) is 16.5. The largest absolute Gasteiger partial charge is 0.353 e. The molecule has 0 bridgehead atoms. The average Bonchev–Trinajstić information content (AvgIpc) is 3.28. The van der Waals surface area contributed by atoms with Crippen molar-refractivity contribution in [3.63, 3.8) is 0 Å². The van der Waals surface area contributed by atoms with E-state index in [1.54, 1.807) is 6.07 Å². The van der Waals surface area contributed by atoms with Gasteiger partial charge in [0, 0.05) is 18.9 Å². The lowest BCUT2D eigenvalue weighted by atomic mass is 10.0. The summed E-state index contributed by atoms with van der Waals surface area (Å²) < 4.78 is 0. The molecule has 2 N–H and O–H groups in total. The van der Waals surface area contributed by atoms with Gasteiger partial charge in [-0.25, -0.2) is 4.98 Å². The molecular weight excluding hydrogens is 302 g/mol. The van der Waals surface area contributed by atoms with Crippen molar-refractivity contribution in [1.82, 2.24) is 15.3 Å². The van der Waals surface area contributed by atoms with Crippen LogP contribution in [-0.2, 0) is 11.2 Å². The van der Waals surface area contributed by atoms with Gasteiger partial charge in [-0.15, -0.1) is 0 Å². The molecular formula is C19H23N3O2. The first-order valence-electron chi connectivity index (χ1n) is 9.00. The van der Waals surface area contributed by atoms with E-state index in [0.717, 1.165) is 11.8 Å². The number of hydrogen-bond acceptors (Lipinski definition) is 3. The van der Waals surface area contributed by atoms with Crippen LogP contribution in [0.2, 0.25) is 0 Å². The molecule has 126 valence electrons. The minimum atomic E-state index is -0.109. The molecule has 4 rings (SSSR count). The van der Waals surface area contributed by atoms with Crippen molar-refractivity contribution in [2.45, 2.75) is 51.0 Å². The summed E-state index contributed by atoms with van der Waals surface area (Å²) in [5.41, 5.74) is 0.602. The number of fused-ring (bicyclic) bond motifs is 2. The second kappa shape index (κ2) is 6.38. The maximum absolute atomic E-state index is 12.1. The molecule has 2 saturated carbocycles. The fraction of sp³-hybridized carbons (Fsp3) is 0.526. The van der Waals surface area contributed by atoms with E-state index in [1.165, 1.54) is 25.7 Å². The number of para-hydroxylation sites is 1. The highest BCUT2D eigenvalue weighted by Crippen LogP contribution is 2.49. The summed E-state index contributed by atoms with van der Waals surface area (Å²) in [5.74, 6) is 2.27. The van der Waals surface area contributed by atoms with Crippen molar-refractivity contribution >= 4 is 16.8 Å². The molecule has 0 radical (unpaired) electrons. The molecule has 0 aliphatic heterocycles. The third-order valence-corrected chi connectivity index (χ3v) is 5.46. The molecule has 1 aromatic carbocycles. The van der Waals surface area contributed by atoms with Crippen LogP contribution in [0.1, 0.15) is 44.3 Å².